The molecule has 0 heterocycles. The molecule has 0 amide bonds. The van der Waals surface area contributed by atoms with Crippen LogP contribution in [-0.2, 0) is 10.2 Å². The molecule has 1 aliphatic rings. The molecule has 0 N–H and O–H groups in total. The van der Waals surface area contributed by atoms with Gasteiger partial charge in [-0.1, -0.05) is 94.0 Å². The molecule has 0 unspecified atom stereocenters. The highest BCUT2D eigenvalue weighted by Gasteiger charge is 2.53. The number of hydrogen-bond acceptors (Lipinski definition) is 1. The van der Waals surface area contributed by atoms with Gasteiger partial charge in [-0.15, -0.1) is 6.42 Å². The van der Waals surface area contributed by atoms with Crippen molar-refractivity contribution in [3.63, 3.8) is 0 Å². The molecule has 2 aromatic rings. The summed E-state index contributed by atoms with van der Waals surface area (Å²) in [5, 5.41) is 0. The maximum atomic E-state index is 5.99. The van der Waals surface area contributed by atoms with E-state index in [2.05, 4.69) is 94.0 Å². The van der Waals surface area contributed by atoms with Gasteiger partial charge in [0.2, 0.25) is 0 Å². The van der Waals surface area contributed by atoms with Gasteiger partial charge in [0.1, 0.15) is 12.4 Å². The second kappa shape index (κ2) is 7.56. The summed E-state index contributed by atoms with van der Waals surface area (Å²) in [5.74, 6) is 3.32. The number of benzene rings is 2. The number of allylic oxidation sites excluding steroid dienone is 4. The Balaban J connectivity index is 2.51. The monoisotopic (exact) mass is 368 g/mol. The molecular formula is C27H28O. The Labute approximate surface area is 169 Å². The molecule has 0 aliphatic heterocycles. The second-order valence-electron chi connectivity index (χ2n) is 8.07. The highest BCUT2D eigenvalue weighted by Crippen LogP contribution is 2.61. The van der Waals surface area contributed by atoms with E-state index in [0.717, 1.165) is 11.3 Å². The minimum Gasteiger partial charge on any atom is -0.481 e. The predicted molar refractivity (Wildman–Crippen MR) is 119 cm³/mol. The molecule has 142 valence electrons. The van der Waals surface area contributed by atoms with Gasteiger partial charge < -0.3 is 4.74 Å². The van der Waals surface area contributed by atoms with Crippen molar-refractivity contribution in [3.8, 4) is 23.5 Å². The molecule has 0 atom stereocenters. The van der Waals surface area contributed by atoms with Crippen LogP contribution in [0.1, 0.15) is 38.8 Å². The van der Waals surface area contributed by atoms with Crippen molar-refractivity contribution in [3.05, 3.63) is 95.8 Å². The van der Waals surface area contributed by atoms with Crippen LogP contribution in [0.15, 0.2) is 84.7 Å². The zero-order valence-electron chi connectivity index (χ0n) is 17.3. The van der Waals surface area contributed by atoms with Crippen LogP contribution in [0.2, 0.25) is 0 Å². The zero-order valence-corrected chi connectivity index (χ0v) is 17.3. The Kier molecular flexibility index (Phi) is 5.34. The van der Waals surface area contributed by atoms with Crippen molar-refractivity contribution in [2.24, 2.45) is 5.41 Å². The number of ether oxygens (including phenoxy) is 1. The van der Waals surface area contributed by atoms with Gasteiger partial charge in [0.15, 0.2) is 0 Å². The molecule has 0 bridgehead atoms. The number of fused-ring (bicyclic) bond motifs is 3. The molecule has 0 saturated carbocycles. The maximum absolute atomic E-state index is 5.99. The van der Waals surface area contributed by atoms with Crippen LogP contribution in [0.4, 0.5) is 0 Å². The summed E-state index contributed by atoms with van der Waals surface area (Å²) in [6, 6.07) is 17.4. The molecule has 1 heteroatoms. The van der Waals surface area contributed by atoms with E-state index in [4.69, 9.17) is 11.2 Å². The first-order valence-corrected chi connectivity index (χ1v) is 9.69. The quantitative estimate of drug-likeness (QED) is 0.325. The van der Waals surface area contributed by atoms with Gasteiger partial charge in [0.25, 0.3) is 0 Å². The summed E-state index contributed by atoms with van der Waals surface area (Å²) in [4.78, 5) is 0. The van der Waals surface area contributed by atoms with E-state index in [-0.39, 0.29) is 17.4 Å². The molecule has 0 radical (unpaired) electrons. The van der Waals surface area contributed by atoms with Gasteiger partial charge in [-0.2, -0.15) is 0 Å². The van der Waals surface area contributed by atoms with Crippen LogP contribution in [-0.4, -0.2) is 6.61 Å². The minimum absolute atomic E-state index is 0.127. The Bertz CT molecular complexity index is 944. The smallest absolute Gasteiger partial charge is 0.148 e. The van der Waals surface area contributed by atoms with E-state index in [1.165, 1.54) is 22.3 Å². The molecule has 1 aliphatic carbocycles. The molecule has 0 spiro atoms. The second-order valence-corrected chi connectivity index (χ2v) is 8.07. The molecule has 28 heavy (non-hydrogen) atoms. The lowest BCUT2D eigenvalue weighted by Gasteiger charge is -2.45. The number of hydrogen-bond donors (Lipinski definition) is 0. The fourth-order valence-electron chi connectivity index (χ4n) is 4.66. The van der Waals surface area contributed by atoms with Gasteiger partial charge in [-0.25, -0.2) is 0 Å². The van der Waals surface area contributed by atoms with E-state index in [9.17, 15) is 0 Å². The third-order valence-corrected chi connectivity index (χ3v) is 5.58. The van der Waals surface area contributed by atoms with Gasteiger partial charge in [0.05, 0.1) is 5.41 Å². The van der Waals surface area contributed by atoms with Crippen molar-refractivity contribution in [1.82, 2.24) is 0 Å². The largest absolute Gasteiger partial charge is 0.481 e. The van der Waals surface area contributed by atoms with Gasteiger partial charge in [-0.3, -0.25) is 0 Å². The van der Waals surface area contributed by atoms with Crippen LogP contribution in [0.3, 0.4) is 0 Å². The van der Waals surface area contributed by atoms with Gasteiger partial charge in [-0.05, 0) is 40.7 Å². The SMILES string of the molecule is C#CCO/C(C=C)=C(/C=C\C)C1(C(C)(C)C)c2ccccc2-c2ccccc21. The van der Waals surface area contributed by atoms with Crippen molar-refractivity contribution in [2.75, 3.05) is 6.61 Å². The fourth-order valence-corrected chi connectivity index (χ4v) is 4.66. The minimum atomic E-state index is -0.384. The molecule has 0 aromatic heterocycles. The van der Waals surface area contributed by atoms with Gasteiger partial charge in [0, 0.05) is 5.57 Å². The molecule has 0 saturated heterocycles. The molecule has 1 nitrogen and oxygen atoms in total. The lowest BCUT2D eigenvalue weighted by molar-refractivity contribution is 0.234. The summed E-state index contributed by atoms with van der Waals surface area (Å²) >= 11 is 0. The van der Waals surface area contributed by atoms with E-state index in [1.54, 1.807) is 6.08 Å². The van der Waals surface area contributed by atoms with Crippen molar-refractivity contribution in [2.45, 2.75) is 33.1 Å². The molecular weight excluding hydrogens is 340 g/mol. The summed E-state index contributed by atoms with van der Waals surface area (Å²) < 4.78 is 5.99. The zero-order chi connectivity index (χ0) is 20.4. The van der Waals surface area contributed by atoms with Crippen molar-refractivity contribution >= 4 is 0 Å². The Morgan fingerprint density at radius 1 is 1.07 bits per heavy atom. The average Bonchev–Trinajstić information content (AvgIpc) is 2.99. The third kappa shape index (κ3) is 2.81. The summed E-state index contributed by atoms with van der Waals surface area (Å²) in [7, 11) is 0. The topological polar surface area (TPSA) is 9.23 Å². The van der Waals surface area contributed by atoms with Crippen LogP contribution in [0.5, 0.6) is 0 Å². The van der Waals surface area contributed by atoms with Crippen LogP contribution in [0.25, 0.3) is 11.1 Å². The predicted octanol–water partition coefficient (Wildman–Crippen LogP) is 6.67. The average molecular weight is 369 g/mol. The summed E-state index contributed by atoms with van der Waals surface area (Å²) in [5.41, 5.74) is 5.71. The molecule has 0 fully saturated rings. The highest BCUT2D eigenvalue weighted by molar-refractivity contribution is 5.84. The molecule has 2 aromatic carbocycles. The highest BCUT2D eigenvalue weighted by atomic mass is 16.5. The van der Waals surface area contributed by atoms with Crippen molar-refractivity contribution < 1.29 is 4.74 Å². The fraction of sp³-hybridized carbons (Fsp3) is 0.259. The number of terminal acetylenes is 1. The lowest BCUT2D eigenvalue weighted by atomic mass is 9.57. The first-order chi connectivity index (χ1) is 13.4. The first-order valence-electron chi connectivity index (χ1n) is 9.69. The van der Waals surface area contributed by atoms with E-state index < -0.39 is 0 Å². The summed E-state index contributed by atoms with van der Waals surface area (Å²) in [6.45, 7) is 13.1. The Morgan fingerprint density at radius 3 is 2.04 bits per heavy atom. The van der Waals surface area contributed by atoms with E-state index in [1.807, 2.05) is 6.92 Å². The molecule has 3 rings (SSSR count). The Hall–Kier alpha value is -2.98. The third-order valence-electron chi connectivity index (χ3n) is 5.58. The maximum Gasteiger partial charge on any atom is 0.148 e. The van der Waals surface area contributed by atoms with Crippen LogP contribution in [0, 0.1) is 17.8 Å². The normalized spacial score (nSPS) is 15.4. The first kappa shape index (κ1) is 19.8. The summed E-state index contributed by atoms with van der Waals surface area (Å²) in [6.07, 6.45) is 11.5. The van der Waals surface area contributed by atoms with Crippen LogP contribution >= 0.6 is 0 Å². The van der Waals surface area contributed by atoms with Gasteiger partial charge >= 0.3 is 0 Å². The van der Waals surface area contributed by atoms with E-state index >= 15 is 0 Å². The standard InChI is InChI=1S/C27H28O/c1-7-14-24(25(9-3)28-19-8-2)27(26(4,5)6)22-17-12-10-15-20(22)21-16-11-13-18-23(21)27/h2,7,9-18H,3,19H2,1,4-6H3/b14-7-,25-24-. The lowest BCUT2D eigenvalue weighted by Crippen LogP contribution is -2.42. The van der Waals surface area contributed by atoms with Crippen molar-refractivity contribution in [1.29, 1.82) is 0 Å². The Morgan fingerprint density at radius 2 is 1.61 bits per heavy atom. The van der Waals surface area contributed by atoms with E-state index in [0.29, 0.717) is 0 Å². The number of rotatable bonds is 5. The van der Waals surface area contributed by atoms with Crippen LogP contribution < -0.4 is 0 Å².